The molecule has 2 N–H and O–H groups in total. The number of aliphatic hydroxyl groups excluding tert-OH is 1. The second-order valence-corrected chi connectivity index (χ2v) is 9.33. The average Bonchev–Trinajstić information content (AvgIpc) is 3.35. The lowest BCUT2D eigenvalue weighted by Gasteiger charge is -2.23. The molecule has 2 aromatic carbocycles. The molecule has 1 aromatic heterocycles. The van der Waals surface area contributed by atoms with Crippen LogP contribution in [0.15, 0.2) is 54.1 Å². The van der Waals surface area contributed by atoms with E-state index in [1.165, 1.54) is 19.2 Å². The largest absolute Gasteiger partial charge is 0.508 e. The zero-order valence-corrected chi connectivity index (χ0v) is 20.8. The van der Waals surface area contributed by atoms with Crippen molar-refractivity contribution in [2.75, 3.05) is 12.0 Å². The maximum absolute atomic E-state index is 13.3. The summed E-state index contributed by atoms with van der Waals surface area (Å²) >= 11 is 0.911. The van der Waals surface area contributed by atoms with Crippen LogP contribution in [-0.2, 0) is 14.3 Å². The lowest BCUT2D eigenvalue weighted by molar-refractivity contribution is -0.132. The van der Waals surface area contributed by atoms with Gasteiger partial charge >= 0.3 is 11.9 Å². The number of rotatable bonds is 6. The Kier molecular flexibility index (Phi) is 6.80. The number of nitrogens with zero attached hydrogens (tertiary/aromatic N) is 2. The third-order valence-corrected chi connectivity index (χ3v) is 6.65. The molecule has 10 heteroatoms. The quantitative estimate of drug-likeness (QED) is 0.218. The summed E-state index contributed by atoms with van der Waals surface area (Å²) in [6, 6.07) is 11.4. The van der Waals surface area contributed by atoms with Gasteiger partial charge < -0.3 is 19.7 Å². The molecule has 4 rings (SSSR count). The van der Waals surface area contributed by atoms with E-state index in [2.05, 4.69) is 4.98 Å². The lowest BCUT2D eigenvalue weighted by Crippen LogP contribution is -2.29. The van der Waals surface area contributed by atoms with Crippen molar-refractivity contribution in [3.63, 3.8) is 0 Å². The molecular weight excluding hydrogens is 484 g/mol. The maximum Gasteiger partial charge on any atom is 0.350 e. The van der Waals surface area contributed by atoms with Crippen molar-refractivity contribution in [2.45, 2.75) is 32.9 Å². The van der Waals surface area contributed by atoms with E-state index < -0.39 is 23.7 Å². The summed E-state index contributed by atoms with van der Waals surface area (Å²) in [5, 5.41) is 21.1. The van der Waals surface area contributed by atoms with Crippen LogP contribution in [0.3, 0.4) is 0 Å². The Hall–Kier alpha value is -4.18. The van der Waals surface area contributed by atoms with Crippen LogP contribution in [0.5, 0.6) is 11.5 Å². The molecule has 186 valence electrons. The number of phenols is 1. The average molecular weight is 509 g/mol. The van der Waals surface area contributed by atoms with Gasteiger partial charge in [0.1, 0.15) is 22.1 Å². The van der Waals surface area contributed by atoms with Gasteiger partial charge in [-0.05, 0) is 62.7 Å². The summed E-state index contributed by atoms with van der Waals surface area (Å²) in [6.45, 7) is 5.37. The molecule has 0 saturated carbocycles. The number of anilines is 1. The van der Waals surface area contributed by atoms with E-state index in [4.69, 9.17) is 9.47 Å². The van der Waals surface area contributed by atoms with Crippen LogP contribution in [0, 0.1) is 6.92 Å². The van der Waals surface area contributed by atoms with E-state index in [0.717, 1.165) is 16.2 Å². The predicted molar refractivity (Wildman–Crippen MR) is 133 cm³/mol. The molecule has 2 heterocycles. The Balaban J connectivity index is 1.87. The Morgan fingerprint density at radius 1 is 1.08 bits per heavy atom. The number of phenolic OH excluding ortho intramolecular Hbond substituents is 1. The molecule has 1 amide bonds. The van der Waals surface area contributed by atoms with Crippen LogP contribution in [-0.4, -0.2) is 46.1 Å². The summed E-state index contributed by atoms with van der Waals surface area (Å²) in [7, 11) is 1.24. The fourth-order valence-corrected chi connectivity index (χ4v) is 4.90. The van der Waals surface area contributed by atoms with Crippen LogP contribution >= 0.6 is 11.3 Å². The highest BCUT2D eigenvalue weighted by atomic mass is 32.1. The van der Waals surface area contributed by atoms with Crippen LogP contribution in [0.25, 0.3) is 5.76 Å². The Bertz CT molecular complexity index is 1360. The van der Waals surface area contributed by atoms with Crippen molar-refractivity contribution < 1.29 is 34.1 Å². The van der Waals surface area contributed by atoms with Crippen molar-refractivity contribution >= 4 is 39.9 Å². The van der Waals surface area contributed by atoms with Crippen LogP contribution < -0.4 is 9.64 Å². The molecule has 1 saturated heterocycles. The number of aromatic nitrogens is 1. The van der Waals surface area contributed by atoms with Crippen molar-refractivity contribution in [1.82, 2.24) is 4.98 Å². The monoisotopic (exact) mass is 508 g/mol. The number of Topliss-reactive ketones (excluding diaryl/α,β-unsaturated/α-hetero) is 1. The van der Waals surface area contributed by atoms with Gasteiger partial charge in [-0.1, -0.05) is 23.5 Å². The summed E-state index contributed by atoms with van der Waals surface area (Å²) < 4.78 is 10.4. The summed E-state index contributed by atoms with van der Waals surface area (Å²) in [4.78, 5) is 44.3. The molecule has 0 bridgehead atoms. The van der Waals surface area contributed by atoms with E-state index in [-0.39, 0.29) is 33.2 Å². The molecule has 0 spiro atoms. The number of esters is 1. The third-order valence-electron chi connectivity index (χ3n) is 5.51. The van der Waals surface area contributed by atoms with Crippen molar-refractivity contribution in [3.05, 3.63) is 75.8 Å². The van der Waals surface area contributed by atoms with E-state index in [9.17, 15) is 24.6 Å². The number of aliphatic hydroxyl groups is 1. The third kappa shape index (κ3) is 4.55. The number of carbonyl (C=O) groups is 3. The predicted octanol–water partition coefficient (Wildman–Crippen LogP) is 4.36. The van der Waals surface area contributed by atoms with E-state index in [1.54, 1.807) is 43.3 Å². The van der Waals surface area contributed by atoms with Crippen LogP contribution in [0.4, 0.5) is 5.13 Å². The van der Waals surface area contributed by atoms with Gasteiger partial charge in [-0.2, -0.15) is 0 Å². The number of ether oxygens (including phenoxy) is 2. The van der Waals surface area contributed by atoms with Gasteiger partial charge in [-0.25, -0.2) is 9.78 Å². The van der Waals surface area contributed by atoms with E-state index in [1.807, 2.05) is 13.8 Å². The van der Waals surface area contributed by atoms with Gasteiger partial charge in [0, 0.05) is 5.56 Å². The van der Waals surface area contributed by atoms with Crippen molar-refractivity contribution in [1.29, 1.82) is 0 Å². The number of ketones is 1. The number of hydrogen-bond donors (Lipinski definition) is 2. The highest BCUT2D eigenvalue weighted by molar-refractivity contribution is 7.17. The molecule has 9 nitrogen and oxygen atoms in total. The van der Waals surface area contributed by atoms with E-state index >= 15 is 0 Å². The van der Waals surface area contributed by atoms with Gasteiger partial charge in [-0.3, -0.25) is 14.5 Å². The fourth-order valence-electron chi connectivity index (χ4n) is 3.89. The Labute approximate surface area is 211 Å². The molecule has 1 unspecified atom stereocenters. The van der Waals surface area contributed by atoms with Gasteiger partial charge in [0.15, 0.2) is 5.13 Å². The highest BCUT2D eigenvalue weighted by Crippen LogP contribution is 2.44. The number of aryl methyl sites for hydroxylation is 1. The summed E-state index contributed by atoms with van der Waals surface area (Å²) in [6.07, 6.45) is -0.0408. The van der Waals surface area contributed by atoms with Gasteiger partial charge in [0.2, 0.25) is 0 Å². The van der Waals surface area contributed by atoms with Crippen molar-refractivity contribution in [2.24, 2.45) is 0 Å². The zero-order valence-electron chi connectivity index (χ0n) is 20.0. The number of aromatic hydroxyl groups is 1. The standard InChI is InChI=1S/C26H24N2O7S/c1-13(2)35-18-11-7-16(8-12-18)21(30)19-20(15-5-9-17(29)10-6-15)28(24(32)22(19)31)26-27-14(3)23(36-26)25(33)34-4/h5-13,20,29-30H,1-4H3. The van der Waals surface area contributed by atoms with Gasteiger partial charge in [0.05, 0.1) is 30.5 Å². The summed E-state index contributed by atoms with van der Waals surface area (Å²) in [5.41, 5.74) is 0.976. The molecule has 3 aromatic rings. The summed E-state index contributed by atoms with van der Waals surface area (Å²) in [5.74, 6) is -2.20. The Morgan fingerprint density at radius 3 is 2.31 bits per heavy atom. The SMILES string of the molecule is COC(=O)c1sc(N2C(=O)C(=O)C(=C(O)c3ccc(OC(C)C)cc3)C2c2ccc(O)cc2)nc1C. The molecular formula is C26H24N2O7S. The first-order valence-corrected chi connectivity index (χ1v) is 11.9. The van der Waals surface area contributed by atoms with Crippen LogP contribution in [0.2, 0.25) is 0 Å². The second-order valence-electron chi connectivity index (χ2n) is 8.35. The number of carbonyl (C=O) groups excluding carboxylic acids is 3. The fraction of sp³-hybridized carbons (Fsp3) is 0.231. The first kappa shape index (κ1) is 24.9. The van der Waals surface area contributed by atoms with Crippen molar-refractivity contribution in [3.8, 4) is 11.5 Å². The molecule has 1 fully saturated rings. The van der Waals surface area contributed by atoms with Gasteiger partial charge in [0.25, 0.3) is 5.78 Å². The maximum atomic E-state index is 13.3. The number of methoxy groups -OCH3 is 1. The second kappa shape index (κ2) is 9.82. The smallest absolute Gasteiger partial charge is 0.350 e. The Morgan fingerprint density at radius 2 is 1.72 bits per heavy atom. The van der Waals surface area contributed by atoms with Crippen LogP contribution in [0.1, 0.15) is 46.4 Å². The molecule has 0 radical (unpaired) electrons. The first-order chi connectivity index (χ1) is 17.1. The molecule has 1 aliphatic heterocycles. The minimum Gasteiger partial charge on any atom is -0.508 e. The van der Waals surface area contributed by atoms with E-state index in [0.29, 0.717) is 22.6 Å². The number of benzene rings is 2. The number of thiazole rings is 1. The number of amides is 1. The highest BCUT2D eigenvalue weighted by Gasteiger charge is 2.48. The van der Waals surface area contributed by atoms with Gasteiger partial charge in [-0.15, -0.1) is 0 Å². The molecule has 36 heavy (non-hydrogen) atoms. The zero-order chi connectivity index (χ0) is 26.1. The minimum atomic E-state index is -1.05. The normalized spacial score (nSPS) is 17.0. The molecule has 1 aliphatic rings. The topological polar surface area (TPSA) is 126 Å². The minimum absolute atomic E-state index is 0.00508. The molecule has 1 atom stereocenters. The first-order valence-electron chi connectivity index (χ1n) is 11.0. The number of hydrogen-bond acceptors (Lipinski definition) is 9. The molecule has 0 aliphatic carbocycles. The lowest BCUT2D eigenvalue weighted by atomic mass is 9.95.